The number of anilines is 1. The van der Waals surface area contributed by atoms with Crippen molar-refractivity contribution in [2.45, 2.75) is 98.5 Å². The Balaban J connectivity index is 0.000000256. The lowest BCUT2D eigenvalue weighted by Gasteiger charge is -2.16. The number of benzene rings is 2. The number of amides is 1. The molecule has 1 fully saturated rings. The average Bonchev–Trinajstić information content (AvgIpc) is 3.63. The molecule has 0 spiro atoms. The molecular formula is C34H49N3O3. The molecule has 1 unspecified atom stereocenters. The van der Waals surface area contributed by atoms with Crippen LogP contribution in [0.25, 0.3) is 11.1 Å². The minimum Gasteiger partial charge on any atom is -0.368 e. The molecule has 1 atom stereocenters. The highest BCUT2D eigenvalue weighted by Gasteiger charge is 2.24. The summed E-state index contributed by atoms with van der Waals surface area (Å²) < 4.78 is 7.17. The van der Waals surface area contributed by atoms with Crippen LogP contribution in [0, 0.1) is 6.92 Å². The van der Waals surface area contributed by atoms with Gasteiger partial charge in [0.25, 0.3) is 5.91 Å². The Morgan fingerprint density at radius 1 is 1.02 bits per heavy atom. The van der Waals surface area contributed by atoms with Crippen molar-refractivity contribution in [2.75, 3.05) is 11.9 Å². The Morgan fingerprint density at radius 3 is 2.17 bits per heavy atom. The number of rotatable bonds is 9. The smallest absolute Gasteiger partial charge is 0.253 e. The van der Waals surface area contributed by atoms with Gasteiger partial charge in [0.15, 0.2) is 5.78 Å². The number of nitrogens with zero attached hydrogens (tertiary/aromatic N) is 2. The number of carbonyl (C=O) groups excluding carboxylic acids is 2. The Hall–Kier alpha value is -3.25. The SMILES string of the molecule is CC(=O)c1ccc(C)c(NC(=O)C2CCCO2)c1.CCC.CCCC(CCC)c1ccc(-c2cnn(C)c2)cc1. The van der Waals surface area contributed by atoms with E-state index in [1.807, 2.05) is 30.9 Å². The minimum absolute atomic E-state index is 0.0115. The maximum absolute atomic E-state index is 11.9. The lowest BCUT2D eigenvalue weighted by molar-refractivity contribution is -0.124. The molecular weight excluding hydrogens is 498 g/mol. The van der Waals surface area contributed by atoms with Gasteiger partial charge in [-0.2, -0.15) is 5.10 Å². The first-order valence-corrected chi connectivity index (χ1v) is 14.9. The Morgan fingerprint density at radius 2 is 1.68 bits per heavy atom. The van der Waals surface area contributed by atoms with Gasteiger partial charge in [0.2, 0.25) is 0 Å². The van der Waals surface area contributed by atoms with Crippen molar-refractivity contribution in [3.63, 3.8) is 0 Å². The zero-order valence-electron chi connectivity index (χ0n) is 25.6. The third-order valence-electron chi connectivity index (χ3n) is 6.82. The third-order valence-corrected chi connectivity index (χ3v) is 6.82. The number of ether oxygens (including phenoxy) is 1. The fourth-order valence-electron chi connectivity index (χ4n) is 4.67. The summed E-state index contributed by atoms with van der Waals surface area (Å²) in [4.78, 5) is 23.2. The van der Waals surface area contributed by atoms with Gasteiger partial charge in [0.05, 0.1) is 6.20 Å². The Bertz CT molecular complexity index is 1170. The number of aryl methyl sites for hydroxylation is 2. The van der Waals surface area contributed by atoms with Crippen LogP contribution in [0.4, 0.5) is 5.69 Å². The van der Waals surface area contributed by atoms with Gasteiger partial charge in [-0.15, -0.1) is 0 Å². The molecule has 1 N–H and O–H groups in total. The van der Waals surface area contributed by atoms with Crippen molar-refractivity contribution < 1.29 is 14.3 Å². The fraction of sp³-hybridized carbons (Fsp3) is 0.500. The van der Waals surface area contributed by atoms with Crippen molar-refractivity contribution in [1.82, 2.24) is 9.78 Å². The predicted octanol–water partition coefficient (Wildman–Crippen LogP) is 8.50. The van der Waals surface area contributed by atoms with Gasteiger partial charge in [-0.25, -0.2) is 0 Å². The second kappa shape index (κ2) is 17.4. The van der Waals surface area contributed by atoms with E-state index in [1.165, 1.54) is 55.7 Å². The van der Waals surface area contributed by atoms with E-state index >= 15 is 0 Å². The molecule has 1 aliphatic heterocycles. The molecule has 218 valence electrons. The monoisotopic (exact) mass is 547 g/mol. The molecule has 0 radical (unpaired) electrons. The number of Topliss-reactive ketones (excluding diaryl/α,β-unsaturated/α-hetero) is 1. The van der Waals surface area contributed by atoms with Crippen LogP contribution < -0.4 is 5.32 Å². The molecule has 0 aliphatic carbocycles. The summed E-state index contributed by atoms with van der Waals surface area (Å²) in [7, 11) is 1.95. The van der Waals surface area contributed by atoms with E-state index in [2.05, 4.69) is 68.6 Å². The van der Waals surface area contributed by atoms with E-state index in [-0.39, 0.29) is 17.8 Å². The second-order valence-corrected chi connectivity index (χ2v) is 10.6. The molecule has 2 aromatic carbocycles. The number of aromatic nitrogens is 2. The van der Waals surface area contributed by atoms with Crippen LogP contribution in [0.2, 0.25) is 0 Å². The van der Waals surface area contributed by atoms with E-state index in [9.17, 15) is 9.59 Å². The van der Waals surface area contributed by atoms with Crippen molar-refractivity contribution in [1.29, 1.82) is 0 Å². The van der Waals surface area contributed by atoms with Crippen molar-refractivity contribution in [3.05, 3.63) is 71.5 Å². The molecule has 2 heterocycles. The molecule has 3 aromatic rings. The lowest BCUT2D eigenvalue weighted by atomic mass is 9.89. The molecule has 1 saturated heterocycles. The van der Waals surface area contributed by atoms with Gasteiger partial charge in [0, 0.05) is 36.7 Å². The van der Waals surface area contributed by atoms with Crippen LogP contribution in [0.1, 0.15) is 107 Å². The molecule has 40 heavy (non-hydrogen) atoms. The largest absolute Gasteiger partial charge is 0.368 e. The Kier molecular flexibility index (Phi) is 14.4. The van der Waals surface area contributed by atoms with E-state index in [0.29, 0.717) is 17.9 Å². The number of ketones is 1. The van der Waals surface area contributed by atoms with Gasteiger partial charge < -0.3 is 10.1 Å². The van der Waals surface area contributed by atoms with Gasteiger partial charge >= 0.3 is 0 Å². The van der Waals surface area contributed by atoms with E-state index in [0.717, 1.165) is 24.3 Å². The van der Waals surface area contributed by atoms with Gasteiger partial charge in [-0.05, 0) is 68.2 Å². The number of hydrogen-bond donors (Lipinski definition) is 1. The summed E-state index contributed by atoms with van der Waals surface area (Å²) in [6.07, 6.45) is 11.7. The zero-order valence-corrected chi connectivity index (χ0v) is 25.6. The number of hydrogen-bond acceptors (Lipinski definition) is 4. The Labute approximate surface area is 241 Å². The van der Waals surface area contributed by atoms with Gasteiger partial charge in [-0.1, -0.05) is 83.4 Å². The summed E-state index contributed by atoms with van der Waals surface area (Å²) >= 11 is 0. The second-order valence-electron chi connectivity index (χ2n) is 10.6. The first kappa shape index (κ1) is 33.0. The highest BCUT2D eigenvalue weighted by atomic mass is 16.5. The van der Waals surface area contributed by atoms with Crippen molar-refractivity contribution in [2.24, 2.45) is 7.05 Å². The molecule has 1 aromatic heterocycles. The van der Waals surface area contributed by atoms with Crippen LogP contribution in [0.3, 0.4) is 0 Å². The summed E-state index contributed by atoms with van der Waals surface area (Å²) in [6, 6.07) is 14.3. The summed E-state index contributed by atoms with van der Waals surface area (Å²) in [5.74, 6) is 0.580. The number of carbonyl (C=O) groups is 2. The average molecular weight is 548 g/mol. The molecule has 1 aliphatic rings. The van der Waals surface area contributed by atoms with Crippen LogP contribution in [0.15, 0.2) is 54.9 Å². The topological polar surface area (TPSA) is 73.2 Å². The molecule has 0 saturated carbocycles. The molecule has 4 rings (SSSR count). The zero-order chi connectivity index (χ0) is 29.5. The summed E-state index contributed by atoms with van der Waals surface area (Å²) in [5.41, 5.74) is 6.15. The third kappa shape index (κ3) is 10.4. The van der Waals surface area contributed by atoms with Gasteiger partial charge in [0.1, 0.15) is 6.10 Å². The molecule has 0 bridgehead atoms. The van der Waals surface area contributed by atoms with E-state index < -0.39 is 0 Å². The van der Waals surface area contributed by atoms with Crippen molar-refractivity contribution >= 4 is 17.4 Å². The first-order chi connectivity index (χ1) is 19.2. The highest BCUT2D eigenvalue weighted by molar-refractivity contribution is 5.98. The van der Waals surface area contributed by atoms with Crippen LogP contribution in [-0.2, 0) is 16.6 Å². The predicted molar refractivity (Wildman–Crippen MR) is 166 cm³/mol. The standard InChI is InChI=1S/C17H24N2.C14H17NO3.C3H8/c1-4-6-14(7-5-2)15-8-10-16(11-9-15)17-12-18-19(3)13-17;1-9-5-6-11(10(2)16)8-12(9)15-14(17)13-4-3-7-18-13;1-3-2/h8-14H,4-7H2,1-3H3;5-6,8,13H,3-4,7H2,1-2H3,(H,15,17);3H2,1-2H3. The van der Waals surface area contributed by atoms with Crippen LogP contribution >= 0.6 is 0 Å². The first-order valence-electron chi connectivity index (χ1n) is 14.9. The maximum Gasteiger partial charge on any atom is 0.253 e. The molecule has 6 nitrogen and oxygen atoms in total. The minimum atomic E-state index is -0.356. The van der Waals surface area contributed by atoms with E-state index in [4.69, 9.17) is 4.74 Å². The van der Waals surface area contributed by atoms with Crippen LogP contribution in [0.5, 0.6) is 0 Å². The normalized spacial score (nSPS) is 14.2. The highest BCUT2D eigenvalue weighted by Crippen LogP contribution is 2.28. The maximum atomic E-state index is 11.9. The lowest BCUT2D eigenvalue weighted by Crippen LogP contribution is -2.27. The number of nitrogens with one attached hydrogen (secondary N) is 1. The van der Waals surface area contributed by atoms with E-state index in [1.54, 1.807) is 12.1 Å². The van der Waals surface area contributed by atoms with Crippen LogP contribution in [-0.4, -0.2) is 34.2 Å². The molecule has 1 amide bonds. The summed E-state index contributed by atoms with van der Waals surface area (Å²) in [6.45, 7) is 12.8. The van der Waals surface area contributed by atoms with Crippen molar-refractivity contribution in [3.8, 4) is 11.1 Å². The quantitative estimate of drug-likeness (QED) is 0.273. The fourth-order valence-corrected chi connectivity index (χ4v) is 4.67. The molecule has 6 heteroatoms. The van der Waals surface area contributed by atoms with Gasteiger partial charge in [-0.3, -0.25) is 14.3 Å². The summed E-state index contributed by atoms with van der Waals surface area (Å²) in [5, 5.41) is 7.06.